The maximum Gasteiger partial charge on any atom is 0.235 e. The summed E-state index contributed by atoms with van der Waals surface area (Å²) in [5.41, 5.74) is 5.33. The summed E-state index contributed by atoms with van der Waals surface area (Å²) in [6, 6.07) is 3.31. The van der Waals surface area contributed by atoms with Crippen molar-refractivity contribution in [2.75, 3.05) is 21.3 Å². The summed E-state index contributed by atoms with van der Waals surface area (Å²) < 4.78 is 16.0. The van der Waals surface area contributed by atoms with Crippen LogP contribution in [0.4, 0.5) is 0 Å². The topological polar surface area (TPSA) is 44.8 Å². The number of rotatable bonds is 7. The number of benzene rings is 1. The molecule has 0 spiro atoms. The van der Waals surface area contributed by atoms with Crippen molar-refractivity contribution in [1.29, 1.82) is 0 Å². The van der Waals surface area contributed by atoms with Crippen LogP contribution in [0.3, 0.4) is 0 Å². The molecule has 26 heavy (non-hydrogen) atoms. The Bertz CT molecular complexity index is 649. The van der Waals surface area contributed by atoms with E-state index in [4.69, 9.17) is 14.2 Å². The molecule has 0 heterocycles. The Balaban J connectivity index is 3.41. The molecule has 1 aromatic rings. The van der Waals surface area contributed by atoms with Crippen LogP contribution in [-0.4, -0.2) is 35.2 Å². The molecule has 0 atom stereocenters. The summed E-state index contributed by atoms with van der Waals surface area (Å²) in [7, 11) is 2.65. The minimum atomic E-state index is -1.95. The average Bonchev–Trinajstić information content (AvgIpc) is 2.59. The highest BCUT2D eigenvalue weighted by atomic mass is 28.3. The summed E-state index contributed by atoms with van der Waals surface area (Å²) in [5.74, 6) is 4.10. The Morgan fingerprint density at radius 1 is 0.846 bits per heavy atom. The molecule has 0 saturated heterocycles. The van der Waals surface area contributed by atoms with Gasteiger partial charge in [0.05, 0.1) is 21.3 Å². The third kappa shape index (κ3) is 4.24. The first-order valence-electron chi connectivity index (χ1n) is 9.03. The van der Waals surface area contributed by atoms with Crippen LogP contribution in [0.25, 0.3) is 0 Å². The zero-order valence-corrected chi connectivity index (χ0v) is 18.5. The number of hydrogen-bond donors (Lipinski definition) is 0. The molecule has 0 aromatic heterocycles. The molecule has 1 aromatic carbocycles. The van der Waals surface area contributed by atoms with Gasteiger partial charge in [-0.3, -0.25) is 4.79 Å². The molecule has 0 saturated carbocycles. The molecule has 0 fully saturated rings. The molecule has 0 aliphatic carbocycles. The number of Topliss-reactive ketones (excluding diaryl/α,β-unsaturated/α-hetero) is 1. The Morgan fingerprint density at radius 3 is 1.58 bits per heavy atom. The van der Waals surface area contributed by atoms with Gasteiger partial charge < -0.3 is 14.2 Å². The minimum Gasteiger partial charge on any atom is -0.493 e. The van der Waals surface area contributed by atoms with E-state index >= 15 is 0 Å². The number of ketones is 1. The van der Waals surface area contributed by atoms with Crippen molar-refractivity contribution in [3.63, 3.8) is 0 Å². The van der Waals surface area contributed by atoms with E-state index in [1.54, 1.807) is 12.1 Å². The highest BCUT2D eigenvalue weighted by molar-refractivity contribution is 6.90. The van der Waals surface area contributed by atoms with Gasteiger partial charge in [-0.15, -0.1) is 5.54 Å². The largest absolute Gasteiger partial charge is 0.493 e. The van der Waals surface area contributed by atoms with Crippen molar-refractivity contribution in [3.8, 4) is 28.7 Å². The van der Waals surface area contributed by atoms with Crippen LogP contribution in [-0.2, 0) is 0 Å². The number of carbonyl (C=O) groups is 1. The Hall–Kier alpha value is -1.93. The molecule has 5 heteroatoms. The smallest absolute Gasteiger partial charge is 0.235 e. The maximum atomic E-state index is 12.8. The molecule has 0 unspecified atom stereocenters. The highest BCUT2D eigenvalue weighted by Gasteiger charge is 2.41. The van der Waals surface area contributed by atoms with Crippen molar-refractivity contribution in [2.24, 2.45) is 0 Å². The quantitative estimate of drug-likeness (QED) is 0.376. The Kier molecular flexibility index (Phi) is 7.77. The number of carbonyl (C=O) groups excluding carboxylic acids is 1. The summed E-state index contributed by atoms with van der Waals surface area (Å²) in [6.45, 7) is 13.4. The SMILES string of the molecule is COc1cc(C(=O)C#C[Si](C(C)C)(C(C)C)C(C)C)cc(OC)c1OC. The average molecular weight is 377 g/mol. The van der Waals surface area contributed by atoms with E-state index in [9.17, 15) is 4.79 Å². The lowest BCUT2D eigenvalue weighted by molar-refractivity contribution is 0.105. The summed E-state index contributed by atoms with van der Waals surface area (Å²) in [4.78, 5) is 12.8. The van der Waals surface area contributed by atoms with E-state index in [2.05, 4.69) is 53.0 Å². The maximum absolute atomic E-state index is 12.8. The van der Waals surface area contributed by atoms with Gasteiger partial charge in [0.25, 0.3) is 0 Å². The predicted octanol–water partition coefficient (Wildman–Crippen LogP) is 5.12. The lowest BCUT2D eigenvalue weighted by Crippen LogP contribution is -2.43. The number of methoxy groups -OCH3 is 3. The van der Waals surface area contributed by atoms with E-state index in [0.717, 1.165) is 0 Å². The first-order valence-corrected chi connectivity index (χ1v) is 11.3. The van der Waals surface area contributed by atoms with E-state index in [-0.39, 0.29) is 5.78 Å². The molecule has 0 N–H and O–H groups in total. The van der Waals surface area contributed by atoms with Gasteiger partial charge in [0, 0.05) is 5.56 Å². The molecular formula is C21H32O4Si. The van der Waals surface area contributed by atoms with Crippen LogP contribution in [0.5, 0.6) is 17.2 Å². The normalized spacial score (nSPS) is 11.4. The molecule has 0 aliphatic rings. The van der Waals surface area contributed by atoms with Crippen LogP contribution in [0.15, 0.2) is 12.1 Å². The van der Waals surface area contributed by atoms with Crippen LogP contribution in [0.2, 0.25) is 16.6 Å². The monoisotopic (exact) mass is 376 g/mol. The van der Waals surface area contributed by atoms with Gasteiger partial charge in [-0.05, 0) is 34.7 Å². The molecule has 144 valence electrons. The molecule has 0 amide bonds. The molecule has 0 radical (unpaired) electrons. The van der Waals surface area contributed by atoms with Gasteiger partial charge >= 0.3 is 0 Å². The third-order valence-corrected chi connectivity index (χ3v) is 11.5. The van der Waals surface area contributed by atoms with Crippen molar-refractivity contribution < 1.29 is 19.0 Å². The molecular weight excluding hydrogens is 344 g/mol. The Morgan fingerprint density at radius 2 is 1.27 bits per heavy atom. The first-order chi connectivity index (χ1) is 12.1. The van der Waals surface area contributed by atoms with E-state index in [1.165, 1.54) is 21.3 Å². The summed E-state index contributed by atoms with van der Waals surface area (Å²) in [5, 5.41) is 0. The van der Waals surface area contributed by atoms with Crippen LogP contribution in [0.1, 0.15) is 51.9 Å². The van der Waals surface area contributed by atoms with Crippen molar-refractivity contribution in [3.05, 3.63) is 17.7 Å². The van der Waals surface area contributed by atoms with Gasteiger partial charge in [-0.1, -0.05) is 41.5 Å². The van der Waals surface area contributed by atoms with Gasteiger partial charge in [0.2, 0.25) is 11.5 Å². The van der Waals surface area contributed by atoms with Gasteiger partial charge in [0.15, 0.2) is 11.5 Å². The summed E-state index contributed by atoms with van der Waals surface area (Å²) >= 11 is 0. The number of hydrogen-bond acceptors (Lipinski definition) is 4. The van der Waals surface area contributed by atoms with E-state index in [1.807, 2.05) is 0 Å². The number of ether oxygens (including phenoxy) is 3. The van der Waals surface area contributed by atoms with E-state index < -0.39 is 8.07 Å². The predicted molar refractivity (Wildman–Crippen MR) is 109 cm³/mol. The van der Waals surface area contributed by atoms with E-state index in [0.29, 0.717) is 39.4 Å². The zero-order valence-electron chi connectivity index (χ0n) is 17.5. The highest BCUT2D eigenvalue weighted by Crippen LogP contribution is 2.41. The van der Waals surface area contributed by atoms with Crippen molar-refractivity contribution in [2.45, 2.75) is 58.2 Å². The Labute approximate surface area is 159 Å². The fraction of sp³-hybridized carbons (Fsp3) is 0.571. The minimum absolute atomic E-state index is 0.219. The van der Waals surface area contributed by atoms with Crippen LogP contribution < -0.4 is 14.2 Å². The lowest BCUT2D eigenvalue weighted by Gasteiger charge is -2.37. The van der Waals surface area contributed by atoms with Gasteiger partial charge in [-0.25, -0.2) is 0 Å². The fourth-order valence-electron chi connectivity index (χ4n) is 3.88. The second-order valence-electron chi connectivity index (χ2n) is 7.39. The summed E-state index contributed by atoms with van der Waals surface area (Å²) in [6.07, 6.45) is 0. The van der Waals surface area contributed by atoms with Crippen LogP contribution in [0, 0.1) is 11.5 Å². The molecule has 4 nitrogen and oxygen atoms in total. The lowest BCUT2D eigenvalue weighted by atomic mass is 10.1. The molecule has 1 rings (SSSR count). The molecule has 0 aliphatic heterocycles. The third-order valence-electron chi connectivity index (χ3n) is 5.19. The first kappa shape index (κ1) is 22.1. The van der Waals surface area contributed by atoms with Crippen LogP contribution >= 0.6 is 0 Å². The second-order valence-corrected chi connectivity index (χ2v) is 13.0. The van der Waals surface area contributed by atoms with Gasteiger partial charge in [0.1, 0.15) is 8.07 Å². The second kappa shape index (κ2) is 9.13. The fourth-order valence-corrected chi connectivity index (χ4v) is 9.08. The van der Waals surface area contributed by atoms with Gasteiger partial charge in [-0.2, -0.15) is 0 Å². The standard InChI is InChI=1S/C21H32O4Si/c1-14(2)26(15(3)4,16(5)6)11-10-18(22)17-12-19(23-7)21(25-9)20(13-17)24-8/h12-16H,1-9H3. The zero-order chi connectivity index (χ0) is 20.1. The van der Waals surface area contributed by atoms with Crippen molar-refractivity contribution >= 4 is 13.9 Å². The molecule has 0 bridgehead atoms. The van der Waals surface area contributed by atoms with Crippen molar-refractivity contribution in [1.82, 2.24) is 0 Å².